The highest BCUT2D eigenvalue weighted by molar-refractivity contribution is 14.1. The van der Waals surface area contributed by atoms with Crippen LogP contribution < -0.4 is 0 Å². The minimum absolute atomic E-state index is 0.0962. The Morgan fingerprint density at radius 2 is 2.15 bits per heavy atom. The Morgan fingerprint density at radius 1 is 1.54 bits per heavy atom. The number of pyridine rings is 1. The molecule has 0 aromatic carbocycles. The van der Waals surface area contributed by atoms with E-state index < -0.39 is 17.8 Å². The van der Waals surface area contributed by atoms with Crippen molar-refractivity contribution in [3.8, 4) is 0 Å². The quantitative estimate of drug-likeness (QED) is 0.461. The maximum absolute atomic E-state index is 13.0. The molecule has 13 heavy (non-hydrogen) atoms. The molecule has 0 unspecified atom stereocenters. The van der Waals surface area contributed by atoms with Crippen LogP contribution >= 0.6 is 34.2 Å². The summed E-state index contributed by atoms with van der Waals surface area (Å²) in [5.74, 6) is -1.17. The molecule has 0 aliphatic heterocycles. The first-order chi connectivity index (χ1) is 6.06. The fourth-order valence-corrected chi connectivity index (χ4v) is 1.64. The standard InChI is InChI=1S/C7H4ClF3IN/c8-2-4-6(7(10)11)3(9)1-5(12)13-4/h1,7H,2H2. The fourth-order valence-electron chi connectivity index (χ4n) is 0.874. The van der Waals surface area contributed by atoms with Crippen LogP contribution in [0.4, 0.5) is 13.2 Å². The third-order valence-electron chi connectivity index (χ3n) is 1.40. The van der Waals surface area contributed by atoms with Gasteiger partial charge in [0.05, 0.1) is 17.1 Å². The molecule has 0 spiro atoms. The molecule has 72 valence electrons. The number of hydrogen-bond acceptors (Lipinski definition) is 1. The van der Waals surface area contributed by atoms with Gasteiger partial charge in [-0.25, -0.2) is 18.2 Å². The van der Waals surface area contributed by atoms with Gasteiger partial charge in [-0.3, -0.25) is 0 Å². The van der Waals surface area contributed by atoms with Crippen molar-refractivity contribution in [3.05, 3.63) is 26.8 Å². The second-order valence-corrected chi connectivity index (χ2v) is 3.59. The van der Waals surface area contributed by atoms with Crippen molar-refractivity contribution in [2.75, 3.05) is 0 Å². The van der Waals surface area contributed by atoms with E-state index in [2.05, 4.69) is 4.98 Å². The number of hydrogen-bond donors (Lipinski definition) is 0. The Morgan fingerprint density at radius 3 is 2.62 bits per heavy atom. The van der Waals surface area contributed by atoms with Gasteiger partial charge in [-0.15, -0.1) is 11.6 Å². The topological polar surface area (TPSA) is 12.9 Å². The van der Waals surface area contributed by atoms with Crippen molar-refractivity contribution in [1.82, 2.24) is 4.98 Å². The van der Waals surface area contributed by atoms with E-state index in [9.17, 15) is 13.2 Å². The fraction of sp³-hybridized carbons (Fsp3) is 0.286. The normalized spacial score (nSPS) is 10.9. The molecule has 0 radical (unpaired) electrons. The maximum Gasteiger partial charge on any atom is 0.268 e. The summed E-state index contributed by atoms with van der Waals surface area (Å²) in [5, 5.41) is 0. The second kappa shape index (κ2) is 4.45. The molecule has 0 aliphatic rings. The third-order valence-corrected chi connectivity index (χ3v) is 2.21. The van der Waals surface area contributed by atoms with Crippen LogP contribution in [0.15, 0.2) is 6.07 Å². The monoisotopic (exact) mass is 321 g/mol. The van der Waals surface area contributed by atoms with Gasteiger partial charge in [0, 0.05) is 6.07 Å². The number of halogens is 5. The number of rotatable bonds is 2. The lowest BCUT2D eigenvalue weighted by molar-refractivity contribution is 0.144. The molecule has 1 aromatic rings. The molecule has 0 saturated heterocycles. The van der Waals surface area contributed by atoms with Crippen molar-refractivity contribution in [2.24, 2.45) is 0 Å². The lowest BCUT2D eigenvalue weighted by atomic mass is 10.2. The van der Waals surface area contributed by atoms with Gasteiger partial charge in [-0.05, 0) is 22.6 Å². The van der Waals surface area contributed by atoms with Gasteiger partial charge >= 0.3 is 0 Å². The van der Waals surface area contributed by atoms with Gasteiger partial charge < -0.3 is 0 Å². The predicted octanol–water partition coefficient (Wildman–Crippen LogP) is 3.50. The molecule has 0 saturated carbocycles. The molecule has 1 nitrogen and oxygen atoms in total. The summed E-state index contributed by atoms with van der Waals surface area (Å²) in [6.45, 7) is 0. The van der Waals surface area contributed by atoms with Crippen LogP contribution in [0.3, 0.4) is 0 Å². The third kappa shape index (κ3) is 2.46. The number of aromatic nitrogens is 1. The summed E-state index contributed by atoms with van der Waals surface area (Å²) < 4.78 is 37.8. The summed E-state index contributed by atoms with van der Waals surface area (Å²) in [6.07, 6.45) is -2.88. The van der Waals surface area contributed by atoms with Crippen LogP contribution in [0.5, 0.6) is 0 Å². The SMILES string of the molecule is Fc1cc(I)nc(CCl)c1C(F)F. The summed E-state index contributed by atoms with van der Waals surface area (Å²) in [5.41, 5.74) is -0.795. The van der Waals surface area contributed by atoms with Crippen LogP contribution in [0.25, 0.3) is 0 Å². The van der Waals surface area contributed by atoms with Crippen LogP contribution in [-0.2, 0) is 5.88 Å². The Hall–Kier alpha value is -0.0400. The molecule has 0 aliphatic carbocycles. The first-order valence-corrected chi connectivity index (χ1v) is 4.86. The first-order valence-electron chi connectivity index (χ1n) is 3.25. The largest absolute Gasteiger partial charge is 0.268 e. The van der Waals surface area contributed by atoms with Gasteiger partial charge in [0.1, 0.15) is 9.52 Å². The Balaban J connectivity index is 3.30. The molecule has 0 fully saturated rings. The molecule has 6 heteroatoms. The minimum atomic E-state index is -2.88. The van der Waals surface area contributed by atoms with Gasteiger partial charge in [0.25, 0.3) is 6.43 Å². The van der Waals surface area contributed by atoms with E-state index in [4.69, 9.17) is 11.6 Å². The Kier molecular flexibility index (Phi) is 3.78. The van der Waals surface area contributed by atoms with Crippen molar-refractivity contribution < 1.29 is 13.2 Å². The van der Waals surface area contributed by atoms with Crippen molar-refractivity contribution in [3.63, 3.8) is 0 Å². The Labute approximate surface area is 91.4 Å². The molecule has 1 aromatic heterocycles. The highest BCUT2D eigenvalue weighted by atomic mass is 127. The van der Waals surface area contributed by atoms with E-state index in [0.29, 0.717) is 3.70 Å². The van der Waals surface area contributed by atoms with Gasteiger partial charge in [0.15, 0.2) is 0 Å². The van der Waals surface area contributed by atoms with Crippen molar-refractivity contribution >= 4 is 34.2 Å². The van der Waals surface area contributed by atoms with Crippen LogP contribution in [0.1, 0.15) is 17.7 Å². The first kappa shape index (κ1) is 11.0. The van der Waals surface area contributed by atoms with E-state index in [-0.39, 0.29) is 11.6 Å². The molecule has 1 rings (SSSR count). The van der Waals surface area contributed by atoms with Gasteiger partial charge in [-0.1, -0.05) is 0 Å². The molecular formula is C7H4ClF3IN. The van der Waals surface area contributed by atoms with E-state index in [1.165, 1.54) is 0 Å². The number of nitrogens with zero attached hydrogens (tertiary/aromatic N) is 1. The molecule has 1 heterocycles. The lowest BCUT2D eigenvalue weighted by Crippen LogP contribution is -2.02. The van der Waals surface area contributed by atoms with Crippen LogP contribution in [0.2, 0.25) is 0 Å². The average Bonchev–Trinajstić information content (AvgIpc) is 2.01. The number of alkyl halides is 3. The highest BCUT2D eigenvalue weighted by Crippen LogP contribution is 2.26. The molecule has 0 amide bonds. The smallest absolute Gasteiger partial charge is 0.245 e. The van der Waals surface area contributed by atoms with Crippen LogP contribution in [-0.4, -0.2) is 4.98 Å². The van der Waals surface area contributed by atoms with E-state index in [1.54, 1.807) is 22.6 Å². The Bertz CT molecular complexity index is 319. The van der Waals surface area contributed by atoms with Gasteiger partial charge in [0.2, 0.25) is 0 Å². The minimum Gasteiger partial charge on any atom is -0.245 e. The van der Waals surface area contributed by atoms with E-state index in [0.717, 1.165) is 6.07 Å². The summed E-state index contributed by atoms with van der Waals surface area (Å²) in [7, 11) is 0. The van der Waals surface area contributed by atoms with Crippen molar-refractivity contribution in [2.45, 2.75) is 12.3 Å². The predicted molar refractivity (Wildman–Crippen MR) is 51.4 cm³/mol. The molecule has 0 bridgehead atoms. The molecular weight excluding hydrogens is 317 g/mol. The summed E-state index contributed by atoms with van der Waals surface area (Å²) in [6, 6.07) is 0.956. The zero-order valence-corrected chi connectivity index (χ0v) is 9.11. The van der Waals surface area contributed by atoms with Gasteiger partial charge in [-0.2, -0.15) is 0 Å². The average molecular weight is 321 g/mol. The van der Waals surface area contributed by atoms with E-state index >= 15 is 0 Å². The summed E-state index contributed by atoms with van der Waals surface area (Å²) >= 11 is 7.09. The second-order valence-electron chi connectivity index (χ2n) is 2.22. The zero-order chi connectivity index (χ0) is 10.0. The van der Waals surface area contributed by atoms with Crippen molar-refractivity contribution in [1.29, 1.82) is 0 Å². The molecule has 0 atom stereocenters. The van der Waals surface area contributed by atoms with Crippen LogP contribution in [0, 0.1) is 9.52 Å². The maximum atomic E-state index is 13.0. The van der Waals surface area contributed by atoms with E-state index in [1.807, 2.05) is 0 Å². The highest BCUT2D eigenvalue weighted by Gasteiger charge is 2.19. The summed E-state index contributed by atoms with van der Waals surface area (Å²) in [4.78, 5) is 3.71. The zero-order valence-electron chi connectivity index (χ0n) is 6.20. The molecule has 0 N–H and O–H groups in total. The lowest BCUT2D eigenvalue weighted by Gasteiger charge is -2.06.